The maximum Gasteiger partial charge on any atom is 0.137 e. The van der Waals surface area contributed by atoms with E-state index >= 15 is 0 Å². The number of benzene rings is 1. The number of nitrogens with one attached hydrogen (secondary N) is 1. The van der Waals surface area contributed by atoms with Gasteiger partial charge in [0.25, 0.3) is 0 Å². The summed E-state index contributed by atoms with van der Waals surface area (Å²) in [4.78, 5) is 10.2. The van der Waals surface area contributed by atoms with Crippen LogP contribution in [-0.4, -0.2) is 52.8 Å². The Morgan fingerprint density at radius 3 is 2.73 bits per heavy atom. The number of aromatic amines is 1. The molecule has 30 heavy (non-hydrogen) atoms. The van der Waals surface area contributed by atoms with E-state index in [-0.39, 0.29) is 11.3 Å². The van der Waals surface area contributed by atoms with Gasteiger partial charge in [-0.25, -0.2) is 4.98 Å². The smallest absolute Gasteiger partial charge is 0.137 e. The predicted molar refractivity (Wildman–Crippen MR) is 119 cm³/mol. The van der Waals surface area contributed by atoms with E-state index in [1.807, 2.05) is 24.5 Å². The number of nitrogens with zero attached hydrogens (tertiary/aromatic N) is 3. The summed E-state index contributed by atoms with van der Waals surface area (Å²) in [6.45, 7) is 9.02. The van der Waals surface area contributed by atoms with E-state index in [0.29, 0.717) is 0 Å². The molecule has 0 bridgehead atoms. The standard InChI is InChI=1S/C21H22N4O2.C3H8/c22-12-17-11-16(3-4-20(17)26)19-14-24-21-18(19)10-15(13-23-21)2-1-5-25-6-8-27-9-7-25;1-3-2/h3-4,10-11,13-14,26H,1-2,5-9H2,(H,23,24);3H2,1-2H3. The van der Waals surface area contributed by atoms with Crippen molar-refractivity contribution in [3.8, 4) is 22.9 Å². The fourth-order valence-electron chi connectivity index (χ4n) is 3.55. The third-order valence-electron chi connectivity index (χ3n) is 5.06. The van der Waals surface area contributed by atoms with Crippen LogP contribution in [0.5, 0.6) is 5.75 Å². The Balaban J connectivity index is 0.000000806. The van der Waals surface area contributed by atoms with Crippen molar-refractivity contribution >= 4 is 11.0 Å². The number of phenols is 1. The lowest BCUT2D eigenvalue weighted by atomic mass is 10.0. The molecule has 1 aromatic carbocycles. The summed E-state index contributed by atoms with van der Waals surface area (Å²) in [5.74, 6) is 0.00279. The minimum absolute atomic E-state index is 0.00279. The van der Waals surface area contributed by atoms with E-state index in [0.717, 1.165) is 67.8 Å². The first-order chi connectivity index (χ1) is 14.7. The summed E-state index contributed by atoms with van der Waals surface area (Å²) in [5.41, 5.74) is 4.19. The Bertz CT molecular complexity index is 1000. The average Bonchev–Trinajstić information content (AvgIpc) is 3.19. The molecular formula is C24H30N4O2. The molecule has 0 unspecified atom stereocenters. The average molecular weight is 407 g/mol. The third kappa shape index (κ3) is 5.38. The Morgan fingerprint density at radius 1 is 1.23 bits per heavy atom. The highest BCUT2D eigenvalue weighted by Crippen LogP contribution is 2.31. The van der Waals surface area contributed by atoms with E-state index in [2.05, 4.69) is 34.8 Å². The molecule has 0 atom stereocenters. The van der Waals surface area contributed by atoms with Crippen LogP contribution >= 0.6 is 0 Å². The van der Waals surface area contributed by atoms with Gasteiger partial charge in [0, 0.05) is 36.4 Å². The lowest BCUT2D eigenvalue weighted by Crippen LogP contribution is -2.36. The summed E-state index contributed by atoms with van der Waals surface area (Å²) in [7, 11) is 0. The molecule has 1 fully saturated rings. The first-order valence-electron chi connectivity index (χ1n) is 10.7. The molecule has 0 aliphatic carbocycles. The van der Waals surface area contributed by atoms with Gasteiger partial charge in [0.15, 0.2) is 0 Å². The highest BCUT2D eigenvalue weighted by atomic mass is 16.5. The minimum atomic E-state index is 0.00279. The number of ether oxygens (including phenoxy) is 1. The molecule has 4 rings (SSSR count). The van der Waals surface area contributed by atoms with E-state index < -0.39 is 0 Å². The maximum absolute atomic E-state index is 9.74. The molecule has 1 aliphatic rings. The zero-order valence-electron chi connectivity index (χ0n) is 17.8. The van der Waals surface area contributed by atoms with Crippen molar-refractivity contribution < 1.29 is 9.84 Å². The lowest BCUT2D eigenvalue weighted by molar-refractivity contribution is 0.0374. The third-order valence-corrected chi connectivity index (χ3v) is 5.06. The largest absolute Gasteiger partial charge is 0.507 e. The van der Waals surface area contributed by atoms with Crippen LogP contribution in [0.25, 0.3) is 22.2 Å². The number of H-pyrrole nitrogens is 1. The van der Waals surface area contributed by atoms with Crippen molar-refractivity contribution in [1.82, 2.24) is 14.9 Å². The van der Waals surface area contributed by atoms with E-state index in [4.69, 9.17) is 10.00 Å². The molecule has 0 saturated carbocycles. The number of rotatable bonds is 5. The number of phenolic OH excluding ortho intramolecular Hbond substituents is 1. The van der Waals surface area contributed by atoms with Crippen LogP contribution in [0.3, 0.4) is 0 Å². The van der Waals surface area contributed by atoms with Gasteiger partial charge in [0.2, 0.25) is 0 Å². The molecule has 3 aromatic rings. The SMILES string of the molecule is CCC.N#Cc1cc(-c2c[nH]c3ncc(CCCN4CCOCC4)cc23)ccc1O. The summed E-state index contributed by atoms with van der Waals surface area (Å²) >= 11 is 0. The Labute approximate surface area is 178 Å². The fraction of sp³-hybridized carbons (Fsp3) is 0.417. The molecule has 3 heterocycles. The molecule has 6 nitrogen and oxygen atoms in total. The van der Waals surface area contributed by atoms with Gasteiger partial charge in [0.05, 0.1) is 18.8 Å². The second kappa shape index (κ2) is 10.8. The summed E-state index contributed by atoms with van der Waals surface area (Å²) in [5, 5.41) is 19.9. The van der Waals surface area contributed by atoms with E-state index in [1.165, 1.54) is 12.0 Å². The highest BCUT2D eigenvalue weighted by molar-refractivity contribution is 5.94. The van der Waals surface area contributed by atoms with Crippen LogP contribution < -0.4 is 0 Å². The monoisotopic (exact) mass is 406 g/mol. The zero-order valence-corrected chi connectivity index (χ0v) is 17.8. The Hall–Kier alpha value is -2.88. The predicted octanol–water partition coefficient (Wildman–Crippen LogP) is 4.49. The van der Waals surface area contributed by atoms with Gasteiger partial charge in [-0.15, -0.1) is 0 Å². The van der Waals surface area contributed by atoms with E-state index in [1.54, 1.807) is 12.1 Å². The molecule has 1 aliphatic heterocycles. The summed E-state index contributed by atoms with van der Waals surface area (Å²) in [6, 6.07) is 9.30. The van der Waals surface area contributed by atoms with Crippen LogP contribution in [-0.2, 0) is 11.2 Å². The van der Waals surface area contributed by atoms with Gasteiger partial charge >= 0.3 is 0 Å². The number of aromatic nitrogens is 2. The summed E-state index contributed by atoms with van der Waals surface area (Å²) in [6.07, 6.45) is 7.15. The van der Waals surface area contributed by atoms with Gasteiger partial charge in [-0.05, 0) is 48.7 Å². The van der Waals surface area contributed by atoms with Crippen LogP contribution in [0, 0.1) is 11.3 Å². The molecule has 0 amide bonds. The number of hydrogen-bond acceptors (Lipinski definition) is 5. The minimum Gasteiger partial charge on any atom is -0.507 e. The van der Waals surface area contributed by atoms with Crippen molar-refractivity contribution in [2.75, 3.05) is 32.8 Å². The summed E-state index contributed by atoms with van der Waals surface area (Å²) < 4.78 is 5.39. The number of nitriles is 1. The zero-order chi connectivity index (χ0) is 21.3. The van der Waals surface area contributed by atoms with Crippen LogP contribution in [0.4, 0.5) is 0 Å². The van der Waals surface area contributed by atoms with Crippen molar-refractivity contribution in [1.29, 1.82) is 5.26 Å². The topological polar surface area (TPSA) is 85.2 Å². The highest BCUT2D eigenvalue weighted by Gasteiger charge is 2.12. The number of fused-ring (bicyclic) bond motifs is 1. The second-order valence-electron chi connectivity index (χ2n) is 7.55. The molecule has 2 N–H and O–H groups in total. The Morgan fingerprint density at radius 2 is 2.00 bits per heavy atom. The number of aromatic hydroxyl groups is 1. The maximum atomic E-state index is 9.74. The fourth-order valence-corrected chi connectivity index (χ4v) is 3.55. The normalized spacial score (nSPS) is 14.2. The molecule has 0 radical (unpaired) electrons. The van der Waals surface area contributed by atoms with Crippen LogP contribution in [0.1, 0.15) is 37.8 Å². The number of pyridine rings is 1. The van der Waals surface area contributed by atoms with Gasteiger partial charge in [-0.3, -0.25) is 4.90 Å². The molecule has 6 heteroatoms. The molecule has 158 valence electrons. The first-order valence-corrected chi connectivity index (χ1v) is 10.7. The number of hydrogen-bond donors (Lipinski definition) is 2. The lowest BCUT2D eigenvalue weighted by Gasteiger charge is -2.26. The van der Waals surface area contributed by atoms with Crippen LogP contribution in [0.2, 0.25) is 0 Å². The van der Waals surface area contributed by atoms with Crippen molar-refractivity contribution in [2.45, 2.75) is 33.1 Å². The van der Waals surface area contributed by atoms with Crippen LogP contribution in [0.15, 0.2) is 36.7 Å². The van der Waals surface area contributed by atoms with Crippen molar-refractivity contribution in [3.63, 3.8) is 0 Å². The molecule has 1 saturated heterocycles. The van der Waals surface area contributed by atoms with Crippen molar-refractivity contribution in [3.05, 3.63) is 47.8 Å². The van der Waals surface area contributed by atoms with Gasteiger partial charge in [0.1, 0.15) is 17.5 Å². The number of morpholine rings is 1. The molecule has 2 aromatic heterocycles. The van der Waals surface area contributed by atoms with Gasteiger partial charge in [-0.2, -0.15) is 5.26 Å². The molecular weight excluding hydrogens is 376 g/mol. The second-order valence-corrected chi connectivity index (χ2v) is 7.55. The molecule has 0 spiro atoms. The van der Waals surface area contributed by atoms with Crippen molar-refractivity contribution in [2.24, 2.45) is 0 Å². The van der Waals surface area contributed by atoms with Gasteiger partial charge < -0.3 is 14.8 Å². The first kappa shape index (κ1) is 21.8. The number of aryl methyl sites for hydroxylation is 1. The quantitative estimate of drug-likeness (QED) is 0.652. The van der Waals surface area contributed by atoms with E-state index in [9.17, 15) is 5.11 Å². The van der Waals surface area contributed by atoms with Gasteiger partial charge in [-0.1, -0.05) is 26.3 Å². The Kier molecular flexibility index (Phi) is 7.83.